The van der Waals surface area contributed by atoms with Crippen molar-refractivity contribution in [1.29, 1.82) is 0 Å². The summed E-state index contributed by atoms with van der Waals surface area (Å²) in [7, 11) is 1.97. The number of aryl methyl sites for hydroxylation is 2. The SMILES string of the molecule is CCNC(=NCc1ccc(Oc2cccc(F)c2)nc1)NC(C)Cc1c(C)nn(C)c1C.I. The van der Waals surface area contributed by atoms with Crippen LogP contribution in [0.15, 0.2) is 47.6 Å². The molecule has 1 aromatic carbocycles. The van der Waals surface area contributed by atoms with Crippen LogP contribution < -0.4 is 15.4 Å². The first-order valence-electron chi connectivity index (χ1n) is 10.8. The first kappa shape index (κ1) is 26.6. The van der Waals surface area contributed by atoms with E-state index in [4.69, 9.17) is 4.74 Å². The third-order valence-electron chi connectivity index (χ3n) is 5.13. The zero-order valence-corrected chi connectivity index (χ0v) is 22.1. The zero-order chi connectivity index (χ0) is 23.1. The topological polar surface area (TPSA) is 76.4 Å². The van der Waals surface area contributed by atoms with Crippen LogP contribution in [0.1, 0.15) is 36.4 Å². The summed E-state index contributed by atoms with van der Waals surface area (Å²) >= 11 is 0. The maximum absolute atomic E-state index is 13.3. The fourth-order valence-corrected chi connectivity index (χ4v) is 3.41. The molecule has 0 aliphatic rings. The highest BCUT2D eigenvalue weighted by Gasteiger charge is 2.14. The van der Waals surface area contributed by atoms with E-state index >= 15 is 0 Å². The first-order chi connectivity index (χ1) is 15.4. The highest BCUT2D eigenvalue weighted by Crippen LogP contribution is 2.20. The molecule has 0 saturated heterocycles. The van der Waals surface area contributed by atoms with Crippen molar-refractivity contribution in [1.82, 2.24) is 25.4 Å². The van der Waals surface area contributed by atoms with E-state index in [1.54, 1.807) is 24.4 Å². The van der Waals surface area contributed by atoms with Crippen molar-refractivity contribution in [2.75, 3.05) is 6.54 Å². The van der Waals surface area contributed by atoms with Gasteiger partial charge in [-0.25, -0.2) is 14.4 Å². The molecule has 3 aromatic rings. The summed E-state index contributed by atoms with van der Waals surface area (Å²) in [6.07, 6.45) is 2.58. The van der Waals surface area contributed by atoms with E-state index in [-0.39, 0.29) is 35.8 Å². The predicted octanol–water partition coefficient (Wildman–Crippen LogP) is 4.67. The molecular formula is C24H32FIN6O. The highest BCUT2D eigenvalue weighted by atomic mass is 127. The molecule has 0 fully saturated rings. The van der Waals surface area contributed by atoms with Gasteiger partial charge in [0.15, 0.2) is 5.96 Å². The maximum Gasteiger partial charge on any atom is 0.219 e. The number of guanidine groups is 1. The average Bonchev–Trinajstić information content (AvgIpc) is 2.99. The molecule has 9 heteroatoms. The van der Waals surface area contributed by atoms with Crippen LogP contribution in [0.5, 0.6) is 11.6 Å². The van der Waals surface area contributed by atoms with E-state index in [1.165, 1.54) is 23.4 Å². The van der Waals surface area contributed by atoms with Crippen molar-refractivity contribution in [2.24, 2.45) is 12.0 Å². The Bertz CT molecular complexity index is 1070. The number of pyridine rings is 1. The number of hydrogen-bond donors (Lipinski definition) is 2. The number of nitrogens with one attached hydrogen (secondary N) is 2. The van der Waals surface area contributed by atoms with Crippen molar-refractivity contribution in [3.8, 4) is 11.6 Å². The molecule has 0 amide bonds. The molecule has 0 spiro atoms. The zero-order valence-electron chi connectivity index (χ0n) is 19.7. The third kappa shape index (κ3) is 7.69. The van der Waals surface area contributed by atoms with Gasteiger partial charge < -0.3 is 15.4 Å². The van der Waals surface area contributed by atoms with E-state index in [0.717, 1.165) is 30.2 Å². The second-order valence-corrected chi connectivity index (χ2v) is 7.78. The molecule has 178 valence electrons. The lowest BCUT2D eigenvalue weighted by molar-refractivity contribution is 0.457. The molecule has 0 aliphatic carbocycles. The Labute approximate surface area is 211 Å². The summed E-state index contributed by atoms with van der Waals surface area (Å²) in [6, 6.07) is 9.83. The minimum Gasteiger partial charge on any atom is -0.439 e. The lowest BCUT2D eigenvalue weighted by Crippen LogP contribution is -2.43. The number of nitrogens with zero attached hydrogens (tertiary/aromatic N) is 4. The fourth-order valence-electron chi connectivity index (χ4n) is 3.41. The molecular weight excluding hydrogens is 534 g/mol. The van der Waals surface area contributed by atoms with Gasteiger partial charge in [-0.15, -0.1) is 24.0 Å². The minimum atomic E-state index is -0.347. The van der Waals surface area contributed by atoms with Crippen LogP contribution in [0.4, 0.5) is 4.39 Å². The quantitative estimate of drug-likeness (QED) is 0.236. The van der Waals surface area contributed by atoms with Crippen LogP contribution >= 0.6 is 24.0 Å². The van der Waals surface area contributed by atoms with Gasteiger partial charge in [0.1, 0.15) is 11.6 Å². The number of hydrogen-bond acceptors (Lipinski definition) is 4. The number of halogens is 2. The van der Waals surface area contributed by atoms with Crippen molar-refractivity contribution >= 4 is 29.9 Å². The number of rotatable bonds is 8. The predicted molar refractivity (Wildman–Crippen MR) is 140 cm³/mol. The highest BCUT2D eigenvalue weighted by molar-refractivity contribution is 14.0. The maximum atomic E-state index is 13.3. The van der Waals surface area contributed by atoms with Gasteiger partial charge >= 0.3 is 0 Å². The van der Waals surface area contributed by atoms with Gasteiger partial charge in [0, 0.05) is 43.7 Å². The number of benzene rings is 1. The van der Waals surface area contributed by atoms with E-state index < -0.39 is 0 Å². The van der Waals surface area contributed by atoms with Gasteiger partial charge in [-0.05, 0) is 57.4 Å². The molecule has 0 saturated carbocycles. The number of ether oxygens (including phenoxy) is 1. The van der Waals surface area contributed by atoms with Gasteiger partial charge in [0.25, 0.3) is 0 Å². The smallest absolute Gasteiger partial charge is 0.219 e. The van der Waals surface area contributed by atoms with Crippen molar-refractivity contribution < 1.29 is 9.13 Å². The van der Waals surface area contributed by atoms with Crippen LogP contribution in [0.25, 0.3) is 0 Å². The van der Waals surface area contributed by atoms with Crippen LogP contribution in [0, 0.1) is 19.7 Å². The van der Waals surface area contributed by atoms with E-state index in [1.807, 2.05) is 31.6 Å². The summed E-state index contributed by atoms with van der Waals surface area (Å²) < 4.78 is 20.8. The van der Waals surface area contributed by atoms with Gasteiger partial charge in [0.2, 0.25) is 5.88 Å². The molecule has 7 nitrogen and oxygen atoms in total. The fraction of sp³-hybridized carbons (Fsp3) is 0.375. The Hall–Kier alpha value is -2.69. The largest absolute Gasteiger partial charge is 0.439 e. The molecule has 0 bridgehead atoms. The number of aromatic nitrogens is 3. The van der Waals surface area contributed by atoms with Gasteiger partial charge in [-0.2, -0.15) is 5.10 Å². The summed E-state index contributed by atoms with van der Waals surface area (Å²) in [5.41, 5.74) is 4.46. The Morgan fingerprint density at radius 3 is 2.64 bits per heavy atom. The second kappa shape index (κ2) is 12.5. The van der Waals surface area contributed by atoms with E-state index in [2.05, 4.69) is 39.6 Å². The van der Waals surface area contributed by atoms with Gasteiger partial charge in [-0.1, -0.05) is 12.1 Å². The molecule has 1 atom stereocenters. The van der Waals surface area contributed by atoms with Crippen molar-refractivity contribution in [3.05, 3.63) is 70.9 Å². The van der Waals surface area contributed by atoms with Crippen molar-refractivity contribution in [3.63, 3.8) is 0 Å². The summed E-state index contributed by atoms with van der Waals surface area (Å²) in [5.74, 6) is 1.22. The molecule has 3 rings (SSSR count). The van der Waals surface area contributed by atoms with Gasteiger partial charge in [0.05, 0.1) is 12.2 Å². The van der Waals surface area contributed by atoms with Crippen LogP contribution in [0.3, 0.4) is 0 Å². The lowest BCUT2D eigenvalue weighted by atomic mass is 10.1. The molecule has 33 heavy (non-hydrogen) atoms. The molecule has 2 aromatic heterocycles. The van der Waals surface area contributed by atoms with Crippen molar-refractivity contribution in [2.45, 2.75) is 46.7 Å². The average molecular weight is 566 g/mol. The summed E-state index contributed by atoms with van der Waals surface area (Å²) in [6.45, 7) is 9.55. The summed E-state index contributed by atoms with van der Waals surface area (Å²) in [4.78, 5) is 8.99. The molecule has 2 N–H and O–H groups in total. The molecule has 1 unspecified atom stereocenters. The van der Waals surface area contributed by atoms with Crippen LogP contribution in [0.2, 0.25) is 0 Å². The number of aliphatic imine (C=N–C) groups is 1. The lowest BCUT2D eigenvalue weighted by Gasteiger charge is -2.18. The Balaban J connectivity index is 0.00000385. The standard InChI is InChI=1S/C24H31FN6O.HI/c1-6-26-24(29-16(2)12-22-17(3)30-31(5)18(22)4)28-15-19-10-11-23(27-14-19)32-21-9-7-8-20(25)13-21;/h7-11,13-14,16H,6,12,15H2,1-5H3,(H2,26,28,29);1H. The third-order valence-corrected chi connectivity index (χ3v) is 5.13. The Morgan fingerprint density at radius 2 is 2.03 bits per heavy atom. The monoisotopic (exact) mass is 566 g/mol. The second-order valence-electron chi connectivity index (χ2n) is 7.78. The Morgan fingerprint density at radius 1 is 1.24 bits per heavy atom. The molecule has 2 heterocycles. The summed E-state index contributed by atoms with van der Waals surface area (Å²) in [5, 5.41) is 11.3. The van der Waals surface area contributed by atoms with Crippen LogP contribution in [-0.2, 0) is 20.0 Å². The van der Waals surface area contributed by atoms with Crippen LogP contribution in [-0.4, -0.2) is 33.3 Å². The normalized spacial score (nSPS) is 12.1. The van der Waals surface area contributed by atoms with Gasteiger partial charge in [-0.3, -0.25) is 4.68 Å². The first-order valence-corrected chi connectivity index (χ1v) is 10.8. The molecule has 0 radical (unpaired) electrons. The van der Waals surface area contributed by atoms with E-state index in [9.17, 15) is 4.39 Å². The van der Waals surface area contributed by atoms with E-state index in [0.29, 0.717) is 18.2 Å². The Kier molecular flexibility index (Phi) is 10.1. The minimum absolute atomic E-state index is 0. The molecule has 0 aliphatic heterocycles.